The Labute approximate surface area is 77.3 Å². The quantitative estimate of drug-likeness (QED) is 0.697. The second-order valence-electron chi connectivity index (χ2n) is 2.65. The van der Waals surface area contributed by atoms with Gasteiger partial charge in [-0.1, -0.05) is 0 Å². The lowest BCUT2D eigenvalue weighted by molar-refractivity contribution is -0.125. The summed E-state index contributed by atoms with van der Waals surface area (Å²) in [5.41, 5.74) is 0. The number of carbonyl (C=O) groups is 2. The highest BCUT2D eigenvalue weighted by Gasteiger charge is 2.13. The fourth-order valence-corrected chi connectivity index (χ4v) is 1.33. The molecule has 0 aliphatic heterocycles. The van der Waals surface area contributed by atoms with Crippen LogP contribution < -0.4 is 5.32 Å². The predicted octanol–water partition coefficient (Wildman–Crippen LogP) is 0.833. The molecule has 0 aliphatic carbocycles. The summed E-state index contributed by atoms with van der Waals surface area (Å²) in [5, 5.41) is 2.61. The van der Waals surface area contributed by atoms with E-state index in [1.54, 1.807) is 11.8 Å². The number of carbonyl (C=O) groups excluding carboxylic acids is 2. The number of hydrogen-bond acceptors (Lipinski definition) is 3. The van der Waals surface area contributed by atoms with Gasteiger partial charge < -0.3 is 5.32 Å². The molecule has 3 nitrogen and oxygen atoms in total. The molecule has 12 heavy (non-hydrogen) atoms. The molecule has 0 bridgehead atoms. The molecule has 0 aromatic rings. The topological polar surface area (TPSA) is 46.2 Å². The van der Waals surface area contributed by atoms with Crippen LogP contribution in [0, 0.1) is 0 Å². The molecule has 0 fully saturated rings. The SMILES string of the molecule is CSCC[C@H](NC(C)=O)C(C)=O. The summed E-state index contributed by atoms with van der Waals surface area (Å²) < 4.78 is 0. The van der Waals surface area contributed by atoms with Crippen LogP contribution in [0.4, 0.5) is 0 Å². The van der Waals surface area contributed by atoms with Crippen molar-refractivity contribution >= 4 is 23.5 Å². The Morgan fingerprint density at radius 1 is 1.42 bits per heavy atom. The van der Waals surface area contributed by atoms with Gasteiger partial charge in [0.05, 0.1) is 6.04 Å². The molecule has 0 saturated carbocycles. The second-order valence-corrected chi connectivity index (χ2v) is 3.63. The first-order valence-corrected chi connectivity index (χ1v) is 5.23. The summed E-state index contributed by atoms with van der Waals surface area (Å²) in [6.07, 6.45) is 2.70. The molecule has 0 heterocycles. The molecule has 0 rings (SSSR count). The van der Waals surface area contributed by atoms with Crippen molar-refractivity contribution in [2.75, 3.05) is 12.0 Å². The van der Waals surface area contributed by atoms with Gasteiger partial charge in [0.25, 0.3) is 0 Å². The fourth-order valence-electron chi connectivity index (χ4n) is 0.858. The van der Waals surface area contributed by atoms with Crippen molar-refractivity contribution in [1.82, 2.24) is 5.32 Å². The predicted molar refractivity (Wildman–Crippen MR) is 51.3 cm³/mol. The van der Waals surface area contributed by atoms with Gasteiger partial charge in [-0.2, -0.15) is 11.8 Å². The minimum absolute atomic E-state index is 0.0271. The van der Waals surface area contributed by atoms with E-state index in [1.165, 1.54) is 13.8 Å². The van der Waals surface area contributed by atoms with Crippen LogP contribution in [-0.4, -0.2) is 29.7 Å². The van der Waals surface area contributed by atoms with Crippen molar-refractivity contribution in [2.24, 2.45) is 0 Å². The number of thioether (sulfide) groups is 1. The Hall–Kier alpha value is -0.510. The molecule has 0 aromatic carbocycles. The van der Waals surface area contributed by atoms with Gasteiger partial charge in [-0.05, 0) is 25.4 Å². The van der Waals surface area contributed by atoms with Gasteiger partial charge in [-0.15, -0.1) is 0 Å². The molecule has 4 heteroatoms. The Morgan fingerprint density at radius 3 is 2.33 bits per heavy atom. The zero-order valence-corrected chi connectivity index (χ0v) is 8.53. The lowest BCUT2D eigenvalue weighted by atomic mass is 10.1. The van der Waals surface area contributed by atoms with Crippen molar-refractivity contribution in [3.8, 4) is 0 Å². The molecule has 0 aromatic heterocycles. The summed E-state index contributed by atoms with van der Waals surface area (Å²) in [7, 11) is 0. The lowest BCUT2D eigenvalue weighted by Crippen LogP contribution is -2.38. The van der Waals surface area contributed by atoms with E-state index in [2.05, 4.69) is 5.32 Å². The number of ketones is 1. The Kier molecular flexibility index (Phi) is 5.80. The molecule has 0 spiro atoms. The molecule has 0 unspecified atom stereocenters. The maximum absolute atomic E-state index is 11.0. The smallest absolute Gasteiger partial charge is 0.217 e. The van der Waals surface area contributed by atoms with E-state index < -0.39 is 0 Å². The summed E-state index contributed by atoms with van der Waals surface area (Å²) in [4.78, 5) is 21.6. The van der Waals surface area contributed by atoms with Crippen LogP contribution in [0.5, 0.6) is 0 Å². The minimum Gasteiger partial charge on any atom is -0.347 e. The summed E-state index contributed by atoms with van der Waals surface area (Å²) in [6, 6.07) is -0.296. The molecule has 0 aliphatic rings. The molecular weight excluding hydrogens is 174 g/mol. The standard InChI is InChI=1S/C8H15NO2S/c1-6(10)8(4-5-12-3)9-7(2)11/h8H,4-5H2,1-3H3,(H,9,11)/t8-/m0/s1. The average molecular weight is 189 g/mol. The zero-order chi connectivity index (χ0) is 9.56. The van der Waals surface area contributed by atoms with Gasteiger partial charge in [0, 0.05) is 6.92 Å². The number of rotatable bonds is 5. The van der Waals surface area contributed by atoms with Gasteiger partial charge in [0.15, 0.2) is 5.78 Å². The Balaban J connectivity index is 3.87. The van der Waals surface area contributed by atoms with E-state index in [0.717, 1.165) is 12.2 Å². The van der Waals surface area contributed by atoms with Gasteiger partial charge in [0.1, 0.15) is 0 Å². The maximum Gasteiger partial charge on any atom is 0.217 e. The van der Waals surface area contributed by atoms with E-state index in [-0.39, 0.29) is 17.7 Å². The summed E-state index contributed by atoms with van der Waals surface area (Å²) in [6.45, 7) is 2.93. The van der Waals surface area contributed by atoms with Crippen molar-refractivity contribution in [3.05, 3.63) is 0 Å². The first-order valence-electron chi connectivity index (χ1n) is 3.84. The van der Waals surface area contributed by atoms with Gasteiger partial charge >= 0.3 is 0 Å². The van der Waals surface area contributed by atoms with E-state index in [4.69, 9.17) is 0 Å². The zero-order valence-electron chi connectivity index (χ0n) is 7.72. The van der Waals surface area contributed by atoms with Crippen molar-refractivity contribution in [2.45, 2.75) is 26.3 Å². The Morgan fingerprint density at radius 2 is 2.00 bits per heavy atom. The third kappa shape index (κ3) is 5.18. The van der Waals surface area contributed by atoms with E-state index in [9.17, 15) is 9.59 Å². The summed E-state index contributed by atoms with van der Waals surface area (Å²) in [5.74, 6) is 0.778. The van der Waals surface area contributed by atoms with Crippen LogP contribution in [-0.2, 0) is 9.59 Å². The van der Waals surface area contributed by atoms with Crippen LogP contribution in [0.15, 0.2) is 0 Å². The molecule has 0 radical (unpaired) electrons. The van der Waals surface area contributed by atoms with E-state index >= 15 is 0 Å². The molecule has 1 atom stereocenters. The van der Waals surface area contributed by atoms with Gasteiger partial charge in [-0.3, -0.25) is 9.59 Å². The summed E-state index contributed by atoms with van der Waals surface area (Å²) >= 11 is 1.67. The Bertz CT molecular complexity index is 170. The first kappa shape index (κ1) is 11.5. The first-order chi connectivity index (χ1) is 5.57. The average Bonchev–Trinajstić information content (AvgIpc) is 1.96. The van der Waals surface area contributed by atoms with Crippen LogP contribution in [0.2, 0.25) is 0 Å². The third-order valence-electron chi connectivity index (χ3n) is 1.48. The van der Waals surface area contributed by atoms with Crippen molar-refractivity contribution in [3.63, 3.8) is 0 Å². The highest BCUT2D eigenvalue weighted by Crippen LogP contribution is 2.01. The van der Waals surface area contributed by atoms with Gasteiger partial charge in [0.2, 0.25) is 5.91 Å². The van der Waals surface area contributed by atoms with Crippen LogP contribution >= 0.6 is 11.8 Å². The van der Waals surface area contributed by atoms with Crippen molar-refractivity contribution in [1.29, 1.82) is 0 Å². The van der Waals surface area contributed by atoms with Crippen LogP contribution in [0.1, 0.15) is 20.3 Å². The highest BCUT2D eigenvalue weighted by molar-refractivity contribution is 7.98. The third-order valence-corrected chi connectivity index (χ3v) is 2.12. The monoisotopic (exact) mass is 189 g/mol. The minimum atomic E-state index is -0.296. The molecule has 0 saturated heterocycles. The van der Waals surface area contributed by atoms with Gasteiger partial charge in [-0.25, -0.2) is 0 Å². The lowest BCUT2D eigenvalue weighted by Gasteiger charge is -2.13. The van der Waals surface area contributed by atoms with E-state index in [0.29, 0.717) is 0 Å². The fraction of sp³-hybridized carbons (Fsp3) is 0.750. The molecule has 1 amide bonds. The molecule has 1 N–H and O–H groups in total. The number of hydrogen-bond donors (Lipinski definition) is 1. The molecular formula is C8H15NO2S. The van der Waals surface area contributed by atoms with Crippen LogP contribution in [0.25, 0.3) is 0 Å². The largest absolute Gasteiger partial charge is 0.347 e. The number of amides is 1. The number of nitrogens with one attached hydrogen (secondary N) is 1. The second kappa shape index (κ2) is 6.06. The molecule has 70 valence electrons. The number of Topliss-reactive ketones (excluding diaryl/α,β-unsaturated/α-hetero) is 1. The van der Waals surface area contributed by atoms with Crippen LogP contribution in [0.3, 0.4) is 0 Å². The highest BCUT2D eigenvalue weighted by atomic mass is 32.2. The van der Waals surface area contributed by atoms with E-state index in [1.807, 2.05) is 6.26 Å². The maximum atomic E-state index is 11.0. The van der Waals surface area contributed by atoms with Crippen molar-refractivity contribution < 1.29 is 9.59 Å². The normalized spacial score (nSPS) is 12.2.